The molecule has 0 aliphatic rings. The summed E-state index contributed by atoms with van der Waals surface area (Å²) in [6, 6.07) is 4.47. The van der Waals surface area contributed by atoms with Gasteiger partial charge in [0.1, 0.15) is 9.35 Å². The molecular formula is C13H18IN3O. The second-order valence-electron chi connectivity index (χ2n) is 4.42. The van der Waals surface area contributed by atoms with E-state index in [0.717, 1.165) is 15.9 Å². The first-order valence-corrected chi connectivity index (χ1v) is 7.08. The number of methoxy groups -OCH3 is 1. The molecule has 0 aliphatic carbocycles. The highest BCUT2D eigenvalue weighted by Gasteiger charge is 2.11. The Morgan fingerprint density at radius 3 is 3.00 bits per heavy atom. The number of pyridine rings is 1. The highest BCUT2D eigenvalue weighted by Crippen LogP contribution is 2.13. The molecule has 1 N–H and O–H groups in total. The van der Waals surface area contributed by atoms with Gasteiger partial charge in [-0.1, -0.05) is 6.07 Å². The standard InChI is InChI=1S/C13H18IN3O/c1-9(10(2)18-3)15-7-11-5-4-6-17-12(14)8-16-13(11)17/h4-6,8-10,15H,7H2,1-3H3/t9-,10-/m1/s1. The summed E-state index contributed by atoms with van der Waals surface area (Å²) in [4.78, 5) is 4.45. The van der Waals surface area contributed by atoms with E-state index >= 15 is 0 Å². The Labute approximate surface area is 121 Å². The van der Waals surface area contributed by atoms with Crippen molar-refractivity contribution in [1.82, 2.24) is 14.7 Å². The first kappa shape index (κ1) is 13.8. The number of hydrogen-bond donors (Lipinski definition) is 1. The number of nitrogens with one attached hydrogen (secondary N) is 1. The Morgan fingerprint density at radius 2 is 2.28 bits per heavy atom. The van der Waals surface area contributed by atoms with Crippen LogP contribution in [0.25, 0.3) is 5.65 Å². The summed E-state index contributed by atoms with van der Waals surface area (Å²) in [5, 5.41) is 3.47. The Balaban J connectivity index is 2.12. The monoisotopic (exact) mass is 359 g/mol. The highest BCUT2D eigenvalue weighted by atomic mass is 127. The van der Waals surface area contributed by atoms with Gasteiger partial charge in [-0.25, -0.2) is 4.98 Å². The third-order valence-corrected chi connectivity index (χ3v) is 4.06. The van der Waals surface area contributed by atoms with Gasteiger partial charge in [0.15, 0.2) is 0 Å². The highest BCUT2D eigenvalue weighted by molar-refractivity contribution is 14.1. The van der Waals surface area contributed by atoms with Crippen LogP contribution < -0.4 is 5.32 Å². The lowest BCUT2D eigenvalue weighted by Crippen LogP contribution is -2.36. The summed E-state index contributed by atoms with van der Waals surface area (Å²) in [5.41, 5.74) is 2.22. The summed E-state index contributed by atoms with van der Waals surface area (Å²) in [5.74, 6) is 0. The minimum atomic E-state index is 0.199. The van der Waals surface area contributed by atoms with Gasteiger partial charge < -0.3 is 10.1 Å². The molecule has 18 heavy (non-hydrogen) atoms. The van der Waals surface area contributed by atoms with E-state index in [9.17, 15) is 0 Å². The van der Waals surface area contributed by atoms with Gasteiger partial charge in [-0.3, -0.25) is 4.40 Å². The molecule has 0 fully saturated rings. The van der Waals surface area contributed by atoms with Crippen LogP contribution in [0.5, 0.6) is 0 Å². The summed E-state index contributed by atoms with van der Waals surface area (Å²) >= 11 is 2.29. The van der Waals surface area contributed by atoms with Crippen molar-refractivity contribution in [3.63, 3.8) is 0 Å². The van der Waals surface area contributed by atoms with Crippen molar-refractivity contribution in [2.24, 2.45) is 0 Å². The van der Waals surface area contributed by atoms with E-state index in [1.54, 1.807) is 7.11 Å². The molecule has 0 aromatic carbocycles. The summed E-state index contributed by atoms with van der Waals surface area (Å²) in [6.07, 6.45) is 4.12. The molecule has 0 saturated heterocycles. The van der Waals surface area contributed by atoms with Crippen LogP contribution in [0.1, 0.15) is 19.4 Å². The molecule has 0 unspecified atom stereocenters. The molecule has 2 atom stereocenters. The van der Waals surface area contributed by atoms with Crippen molar-refractivity contribution in [3.8, 4) is 0 Å². The largest absolute Gasteiger partial charge is 0.380 e. The van der Waals surface area contributed by atoms with Gasteiger partial charge in [-0.2, -0.15) is 0 Å². The Morgan fingerprint density at radius 1 is 1.50 bits per heavy atom. The van der Waals surface area contributed by atoms with Crippen molar-refractivity contribution < 1.29 is 4.74 Å². The van der Waals surface area contributed by atoms with E-state index in [4.69, 9.17) is 4.74 Å². The van der Waals surface area contributed by atoms with Crippen LogP contribution >= 0.6 is 22.6 Å². The maximum Gasteiger partial charge on any atom is 0.142 e. The van der Waals surface area contributed by atoms with Crippen molar-refractivity contribution in [3.05, 3.63) is 33.8 Å². The predicted molar refractivity (Wildman–Crippen MR) is 80.7 cm³/mol. The SMILES string of the molecule is CO[C@H](C)[C@@H](C)NCc1cccn2c(I)cnc12. The van der Waals surface area contributed by atoms with Gasteiger partial charge in [0.2, 0.25) is 0 Å². The number of fused-ring (bicyclic) bond motifs is 1. The molecular weight excluding hydrogens is 341 g/mol. The van der Waals surface area contributed by atoms with Crippen LogP contribution in [-0.4, -0.2) is 28.6 Å². The molecule has 0 bridgehead atoms. The van der Waals surface area contributed by atoms with Crippen molar-refractivity contribution in [2.75, 3.05) is 7.11 Å². The van der Waals surface area contributed by atoms with E-state index in [2.05, 4.69) is 63.3 Å². The van der Waals surface area contributed by atoms with Gasteiger partial charge in [0, 0.05) is 31.5 Å². The average molecular weight is 359 g/mol. The molecule has 98 valence electrons. The molecule has 0 aliphatic heterocycles. The van der Waals surface area contributed by atoms with Crippen LogP contribution in [-0.2, 0) is 11.3 Å². The van der Waals surface area contributed by atoms with E-state index in [1.807, 2.05) is 12.4 Å². The van der Waals surface area contributed by atoms with E-state index in [-0.39, 0.29) is 6.10 Å². The number of nitrogens with zero attached hydrogens (tertiary/aromatic N) is 2. The van der Waals surface area contributed by atoms with Crippen LogP contribution in [0.15, 0.2) is 24.5 Å². The zero-order chi connectivity index (χ0) is 13.1. The van der Waals surface area contributed by atoms with Gasteiger partial charge in [0.25, 0.3) is 0 Å². The lowest BCUT2D eigenvalue weighted by atomic mass is 10.2. The molecule has 2 aromatic heterocycles. The maximum atomic E-state index is 5.31. The normalized spacial score (nSPS) is 14.9. The van der Waals surface area contributed by atoms with E-state index < -0.39 is 0 Å². The fourth-order valence-electron chi connectivity index (χ4n) is 1.82. The fourth-order valence-corrected chi connectivity index (χ4v) is 2.35. The first-order chi connectivity index (χ1) is 8.63. The van der Waals surface area contributed by atoms with Gasteiger partial charge in [0.05, 0.1) is 12.3 Å². The summed E-state index contributed by atoms with van der Waals surface area (Å²) in [7, 11) is 1.74. The molecule has 4 nitrogen and oxygen atoms in total. The zero-order valence-electron chi connectivity index (χ0n) is 10.9. The lowest BCUT2D eigenvalue weighted by molar-refractivity contribution is 0.0882. The molecule has 2 aromatic rings. The predicted octanol–water partition coefficient (Wildman–Crippen LogP) is 2.45. The van der Waals surface area contributed by atoms with Crippen molar-refractivity contribution in [1.29, 1.82) is 0 Å². The fraction of sp³-hybridized carbons (Fsp3) is 0.462. The van der Waals surface area contributed by atoms with E-state index in [1.165, 1.54) is 5.56 Å². The van der Waals surface area contributed by atoms with Crippen molar-refractivity contribution >= 4 is 28.2 Å². The second kappa shape index (κ2) is 5.99. The minimum Gasteiger partial charge on any atom is -0.380 e. The summed E-state index contributed by atoms with van der Waals surface area (Å²) < 4.78 is 8.53. The summed E-state index contributed by atoms with van der Waals surface area (Å²) in [6.45, 7) is 4.99. The van der Waals surface area contributed by atoms with Crippen LogP contribution in [0.4, 0.5) is 0 Å². The molecule has 5 heteroatoms. The molecule has 2 heterocycles. The molecule has 0 saturated carbocycles. The smallest absolute Gasteiger partial charge is 0.142 e. The Kier molecular flexibility index (Phi) is 4.58. The Bertz CT molecular complexity index is 526. The Hall–Kier alpha value is -0.660. The van der Waals surface area contributed by atoms with Gasteiger partial charge in [-0.05, 0) is 42.5 Å². The lowest BCUT2D eigenvalue weighted by Gasteiger charge is -2.20. The molecule has 0 radical (unpaired) electrons. The maximum absolute atomic E-state index is 5.31. The molecule has 0 amide bonds. The zero-order valence-corrected chi connectivity index (χ0v) is 13.0. The third-order valence-electron chi connectivity index (χ3n) is 3.26. The minimum absolute atomic E-state index is 0.199. The van der Waals surface area contributed by atoms with Gasteiger partial charge in [-0.15, -0.1) is 0 Å². The van der Waals surface area contributed by atoms with Crippen LogP contribution in [0.2, 0.25) is 0 Å². The quantitative estimate of drug-likeness (QED) is 0.834. The molecule has 0 spiro atoms. The number of ether oxygens (including phenoxy) is 1. The van der Waals surface area contributed by atoms with Crippen LogP contribution in [0, 0.1) is 3.70 Å². The number of hydrogen-bond acceptors (Lipinski definition) is 3. The van der Waals surface area contributed by atoms with Crippen LogP contribution in [0.3, 0.4) is 0 Å². The third kappa shape index (κ3) is 2.84. The topological polar surface area (TPSA) is 38.6 Å². The number of halogens is 1. The first-order valence-electron chi connectivity index (χ1n) is 6.00. The number of aromatic nitrogens is 2. The molecule has 2 rings (SSSR count). The van der Waals surface area contributed by atoms with Gasteiger partial charge >= 0.3 is 0 Å². The van der Waals surface area contributed by atoms with E-state index in [0.29, 0.717) is 6.04 Å². The van der Waals surface area contributed by atoms with Crippen molar-refractivity contribution in [2.45, 2.75) is 32.5 Å². The number of imidazole rings is 1. The second-order valence-corrected chi connectivity index (χ2v) is 5.52. The average Bonchev–Trinajstić information content (AvgIpc) is 2.77. The number of rotatable bonds is 5.